The zero-order valence-corrected chi connectivity index (χ0v) is 18.0. The predicted octanol–water partition coefficient (Wildman–Crippen LogP) is 4.72. The SMILES string of the molecule is CN1CCN(CCn2cc(-c3ccc(F)cc3)n(-c3ccc(Cl)cc3)c2=S)CC1. The van der Waals surface area contributed by atoms with Crippen molar-refractivity contribution in [2.24, 2.45) is 0 Å². The third kappa shape index (κ3) is 4.61. The molecule has 0 spiro atoms. The zero-order valence-electron chi connectivity index (χ0n) is 16.4. The Morgan fingerprint density at radius 1 is 0.931 bits per heavy atom. The molecule has 0 atom stereocenters. The fraction of sp³-hybridized carbons (Fsp3) is 0.318. The molecular formula is C22H24ClFN4S. The van der Waals surface area contributed by atoms with E-state index in [4.69, 9.17) is 23.8 Å². The highest BCUT2D eigenvalue weighted by molar-refractivity contribution is 7.71. The van der Waals surface area contributed by atoms with Crippen molar-refractivity contribution in [2.45, 2.75) is 6.54 Å². The lowest BCUT2D eigenvalue weighted by atomic mass is 10.1. The summed E-state index contributed by atoms with van der Waals surface area (Å²) in [5, 5.41) is 0.679. The highest BCUT2D eigenvalue weighted by atomic mass is 35.5. The number of imidazole rings is 1. The number of hydrogen-bond donors (Lipinski definition) is 0. The van der Waals surface area contributed by atoms with E-state index in [2.05, 4.69) is 27.6 Å². The van der Waals surface area contributed by atoms with E-state index in [0.717, 1.165) is 61.0 Å². The topological polar surface area (TPSA) is 16.3 Å². The summed E-state index contributed by atoms with van der Waals surface area (Å²) in [6, 6.07) is 14.2. The number of likely N-dealkylation sites (N-methyl/N-ethyl adjacent to an activating group) is 1. The summed E-state index contributed by atoms with van der Waals surface area (Å²) in [6.07, 6.45) is 2.07. The van der Waals surface area contributed by atoms with Gasteiger partial charge in [-0.15, -0.1) is 0 Å². The van der Waals surface area contributed by atoms with Crippen molar-refractivity contribution in [1.82, 2.24) is 18.9 Å². The first-order valence-electron chi connectivity index (χ1n) is 9.76. The van der Waals surface area contributed by atoms with Gasteiger partial charge < -0.3 is 9.47 Å². The van der Waals surface area contributed by atoms with Crippen molar-refractivity contribution in [1.29, 1.82) is 0 Å². The molecule has 0 amide bonds. The minimum Gasteiger partial charge on any atom is -0.322 e. The van der Waals surface area contributed by atoms with Crippen molar-refractivity contribution in [2.75, 3.05) is 39.8 Å². The van der Waals surface area contributed by atoms with Crippen LogP contribution in [0.1, 0.15) is 0 Å². The Kier molecular flexibility index (Phi) is 6.15. The molecule has 0 bridgehead atoms. The average molecular weight is 431 g/mol. The predicted molar refractivity (Wildman–Crippen MR) is 119 cm³/mol. The molecule has 0 radical (unpaired) electrons. The highest BCUT2D eigenvalue weighted by Crippen LogP contribution is 2.26. The number of rotatable bonds is 5. The van der Waals surface area contributed by atoms with Crippen molar-refractivity contribution in [3.63, 3.8) is 0 Å². The van der Waals surface area contributed by atoms with E-state index in [-0.39, 0.29) is 5.82 Å². The van der Waals surface area contributed by atoms with Gasteiger partial charge in [-0.1, -0.05) is 11.6 Å². The fourth-order valence-electron chi connectivity index (χ4n) is 3.64. The van der Waals surface area contributed by atoms with Crippen LogP contribution in [0.4, 0.5) is 4.39 Å². The van der Waals surface area contributed by atoms with Gasteiger partial charge >= 0.3 is 0 Å². The Labute approximate surface area is 180 Å². The molecule has 2 aromatic carbocycles. The number of halogens is 2. The molecule has 0 N–H and O–H groups in total. The third-order valence-corrected chi connectivity index (χ3v) is 6.10. The van der Waals surface area contributed by atoms with E-state index in [1.807, 2.05) is 28.8 Å². The van der Waals surface area contributed by atoms with E-state index in [9.17, 15) is 4.39 Å². The molecular weight excluding hydrogens is 407 g/mol. The fourth-order valence-corrected chi connectivity index (χ4v) is 4.11. The van der Waals surface area contributed by atoms with Crippen LogP contribution in [-0.2, 0) is 6.54 Å². The van der Waals surface area contributed by atoms with Crippen LogP contribution in [0.3, 0.4) is 0 Å². The van der Waals surface area contributed by atoms with Crippen LogP contribution in [0.15, 0.2) is 54.7 Å². The monoisotopic (exact) mass is 430 g/mol. The Balaban J connectivity index is 1.67. The Hall–Kier alpha value is -1.99. The standard InChI is InChI=1S/C22H24ClFN4S/c1-25-10-12-26(13-11-25)14-15-27-16-21(17-2-6-19(24)7-3-17)28(22(27)29)20-8-4-18(23)5-9-20/h2-9,16H,10-15H2,1H3. The van der Waals surface area contributed by atoms with Crippen LogP contribution in [0.5, 0.6) is 0 Å². The molecule has 0 saturated carbocycles. The lowest BCUT2D eigenvalue weighted by Crippen LogP contribution is -2.45. The summed E-state index contributed by atoms with van der Waals surface area (Å²) >= 11 is 11.9. The van der Waals surface area contributed by atoms with Crippen molar-refractivity contribution in [3.8, 4) is 16.9 Å². The molecule has 152 valence electrons. The second-order valence-corrected chi connectivity index (χ2v) is 8.26. The quantitative estimate of drug-likeness (QED) is 0.545. The van der Waals surface area contributed by atoms with Gasteiger partial charge in [-0.05, 0) is 67.8 Å². The maximum atomic E-state index is 13.5. The van der Waals surface area contributed by atoms with Crippen molar-refractivity contribution in [3.05, 3.63) is 70.3 Å². The van der Waals surface area contributed by atoms with Gasteiger partial charge in [-0.25, -0.2) is 4.39 Å². The molecule has 2 heterocycles. The normalized spacial score (nSPS) is 15.7. The molecule has 4 nitrogen and oxygen atoms in total. The number of nitrogens with zero attached hydrogens (tertiary/aromatic N) is 4. The maximum Gasteiger partial charge on any atom is 0.185 e. The lowest BCUT2D eigenvalue weighted by Gasteiger charge is -2.32. The largest absolute Gasteiger partial charge is 0.322 e. The van der Waals surface area contributed by atoms with Crippen LogP contribution >= 0.6 is 23.8 Å². The number of hydrogen-bond acceptors (Lipinski definition) is 3. The molecule has 0 unspecified atom stereocenters. The van der Waals surface area contributed by atoms with Gasteiger partial charge in [0.1, 0.15) is 5.82 Å². The molecule has 3 aromatic rings. The molecule has 1 aliphatic rings. The molecule has 0 aliphatic carbocycles. The van der Waals surface area contributed by atoms with Crippen molar-refractivity contribution < 1.29 is 4.39 Å². The summed E-state index contributed by atoms with van der Waals surface area (Å²) in [5.41, 5.74) is 2.80. The second-order valence-electron chi connectivity index (χ2n) is 7.45. The van der Waals surface area contributed by atoms with Gasteiger partial charge in [0.05, 0.1) is 5.69 Å². The smallest absolute Gasteiger partial charge is 0.185 e. The molecule has 29 heavy (non-hydrogen) atoms. The highest BCUT2D eigenvalue weighted by Gasteiger charge is 2.16. The Morgan fingerprint density at radius 3 is 2.24 bits per heavy atom. The van der Waals surface area contributed by atoms with Crippen LogP contribution < -0.4 is 0 Å². The molecule has 1 saturated heterocycles. The van der Waals surface area contributed by atoms with E-state index in [1.165, 1.54) is 12.1 Å². The summed E-state index contributed by atoms with van der Waals surface area (Å²) in [7, 11) is 2.16. The average Bonchev–Trinajstić information content (AvgIpc) is 3.05. The number of piperazine rings is 1. The van der Waals surface area contributed by atoms with Crippen LogP contribution in [0, 0.1) is 10.6 Å². The van der Waals surface area contributed by atoms with Crippen LogP contribution in [-0.4, -0.2) is 58.7 Å². The summed E-state index contributed by atoms with van der Waals surface area (Å²) < 4.78 is 18.3. The molecule has 4 rings (SSSR count). The van der Waals surface area contributed by atoms with Gasteiger partial charge in [0, 0.05) is 61.7 Å². The van der Waals surface area contributed by atoms with Gasteiger partial charge in [-0.3, -0.25) is 9.47 Å². The summed E-state index contributed by atoms with van der Waals surface area (Å²) in [5.74, 6) is -0.250. The lowest BCUT2D eigenvalue weighted by molar-refractivity contribution is 0.150. The number of benzene rings is 2. The first kappa shape index (κ1) is 20.3. The van der Waals surface area contributed by atoms with Gasteiger partial charge in [0.2, 0.25) is 0 Å². The maximum absolute atomic E-state index is 13.5. The van der Waals surface area contributed by atoms with Gasteiger partial charge in [-0.2, -0.15) is 0 Å². The molecule has 1 aromatic heterocycles. The molecule has 7 heteroatoms. The molecule has 1 fully saturated rings. The van der Waals surface area contributed by atoms with E-state index >= 15 is 0 Å². The zero-order chi connectivity index (χ0) is 20.4. The minimum atomic E-state index is -0.250. The van der Waals surface area contributed by atoms with Gasteiger partial charge in [0.25, 0.3) is 0 Å². The first-order valence-corrected chi connectivity index (χ1v) is 10.5. The second kappa shape index (κ2) is 8.79. The van der Waals surface area contributed by atoms with E-state index in [0.29, 0.717) is 5.02 Å². The van der Waals surface area contributed by atoms with E-state index in [1.54, 1.807) is 12.1 Å². The van der Waals surface area contributed by atoms with E-state index < -0.39 is 0 Å². The minimum absolute atomic E-state index is 0.250. The van der Waals surface area contributed by atoms with Crippen molar-refractivity contribution >= 4 is 23.8 Å². The summed E-state index contributed by atoms with van der Waals surface area (Å²) in [4.78, 5) is 4.82. The summed E-state index contributed by atoms with van der Waals surface area (Å²) in [6.45, 7) is 6.11. The number of aromatic nitrogens is 2. The molecule has 1 aliphatic heterocycles. The Bertz CT molecular complexity index is 1020. The van der Waals surface area contributed by atoms with Crippen LogP contribution in [0.2, 0.25) is 5.02 Å². The first-order chi connectivity index (χ1) is 14.0. The van der Waals surface area contributed by atoms with Gasteiger partial charge in [0.15, 0.2) is 4.77 Å². The van der Waals surface area contributed by atoms with Crippen LogP contribution in [0.25, 0.3) is 16.9 Å². The Morgan fingerprint density at radius 2 is 1.59 bits per heavy atom. The third-order valence-electron chi connectivity index (χ3n) is 5.43.